The number of ether oxygens (including phenoxy) is 2. The second-order valence-corrected chi connectivity index (χ2v) is 2.92. The second kappa shape index (κ2) is 4.01. The molecule has 1 aliphatic heterocycles. The molecule has 4 unspecified atom stereocenters. The molecule has 0 spiro atoms. The van der Waals surface area contributed by atoms with Gasteiger partial charge >= 0.3 is 0 Å². The number of aliphatic hydroxyl groups is 2. The summed E-state index contributed by atoms with van der Waals surface area (Å²) in [6.45, 7) is 0. The Kier molecular flexibility index (Phi) is 3.21. The molecule has 13 heavy (non-hydrogen) atoms. The maximum Gasteiger partial charge on any atom is 0.249 e. The van der Waals surface area contributed by atoms with Crippen LogP contribution < -0.4 is 5.73 Å². The summed E-state index contributed by atoms with van der Waals surface area (Å²) in [6.07, 6.45) is -4.09. The molecule has 0 saturated carbocycles. The van der Waals surface area contributed by atoms with Gasteiger partial charge in [0.15, 0.2) is 12.4 Å². The van der Waals surface area contributed by atoms with E-state index in [1.54, 1.807) is 0 Å². The van der Waals surface area contributed by atoms with Crippen LogP contribution in [0.3, 0.4) is 0 Å². The third kappa shape index (κ3) is 2.16. The fraction of sp³-hybridized carbons (Fsp3) is 0.857. The molecule has 4 atom stereocenters. The largest absolute Gasteiger partial charge is 0.390 e. The molecule has 0 aromatic carbocycles. The van der Waals surface area contributed by atoms with Crippen LogP contribution >= 0.6 is 0 Å². The smallest absolute Gasteiger partial charge is 0.249 e. The van der Waals surface area contributed by atoms with Crippen LogP contribution in [0, 0.1) is 0 Å². The number of nitrogens with two attached hydrogens (primary N) is 1. The van der Waals surface area contributed by atoms with Crippen molar-refractivity contribution in [2.24, 2.45) is 5.73 Å². The van der Waals surface area contributed by atoms with E-state index in [2.05, 4.69) is 0 Å². The molecule has 1 aliphatic rings. The first-order valence-corrected chi connectivity index (χ1v) is 3.90. The summed E-state index contributed by atoms with van der Waals surface area (Å²) < 4.78 is 9.76. The number of carbonyl (C=O) groups excluding carboxylic acids is 1. The van der Waals surface area contributed by atoms with Crippen molar-refractivity contribution in [3.05, 3.63) is 0 Å². The van der Waals surface area contributed by atoms with E-state index < -0.39 is 30.5 Å². The first-order chi connectivity index (χ1) is 6.06. The highest BCUT2D eigenvalue weighted by atomic mass is 16.7. The highest BCUT2D eigenvalue weighted by Gasteiger charge is 2.39. The first-order valence-electron chi connectivity index (χ1n) is 3.90. The predicted octanol–water partition coefficient (Wildman–Crippen LogP) is -2.05. The average Bonchev–Trinajstić information content (AvgIpc) is 2.09. The van der Waals surface area contributed by atoms with Crippen molar-refractivity contribution in [1.29, 1.82) is 0 Å². The van der Waals surface area contributed by atoms with E-state index in [1.165, 1.54) is 7.11 Å². The third-order valence-electron chi connectivity index (χ3n) is 1.98. The van der Waals surface area contributed by atoms with Gasteiger partial charge in [0.25, 0.3) is 0 Å². The fourth-order valence-electron chi connectivity index (χ4n) is 1.23. The summed E-state index contributed by atoms with van der Waals surface area (Å²) in [5.74, 6) is -0.812. The van der Waals surface area contributed by atoms with E-state index in [-0.39, 0.29) is 6.42 Å². The molecule has 6 nitrogen and oxygen atoms in total. The van der Waals surface area contributed by atoms with Crippen LogP contribution in [0.2, 0.25) is 0 Å². The Morgan fingerprint density at radius 1 is 1.62 bits per heavy atom. The van der Waals surface area contributed by atoms with Gasteiger partial charge in [0.2, 0.25) is 5.91 Å². The first kappa shape index (κ1) is 10.4. The lowest BCUT2D eigenvalue weighted by Crippen LogP contribution is -2.54. The lowest BCUT2D eigenvalue weighted by atomic mass is 10.0. The maximum absolute atomic E-state index is 10.7. The number of hydrogen-bond acceptors (Lipinski definition) is 5. The molecule has 0 aromatic heterocycles. The minimum atomic E-state index is -1.27. The average molecular weight is 191 g/mol. The number of hydrogen-bond donors (Lipinski definition) is 3. The van der Waals surface area contributed by atoms with Crippen molar-refractivity contribution in [2.45, 2.75) is 31.0 Å². The Morgan fingerprint density at radius 2 is 2.23 bits per heavy atom. The number of amides is 1. The van der Waals surface area contributed by atoms with Gasteiger partial charge < -0.3 is 25.4 Å². The van der Waals surface area contributed by atoms with Crippen LogP contribution in [0.15, 0.2) is 0 Å². The second-order valence-electron chi connectivity index (χ2n) is 2.92. The van der Waals surface area contributed by atoms with E-state index in [0.717, 1.165) is 0 Å². The molecule has 1 saturated heterocycles. The van der Waals surface area contributed by atoms with E-state index in [1.807, 2.05) is 0 Å². The molecule has 1 fully saturated rings. The normalized spacial score (nSPS) is 40.2. The van der Waals surface area contributed by atoms with Gasteiger partial charge in [0.05, 0.1) is 6.10 Å². The third-order valence-corrected chi connectivity index (χ3v) is 1.98. The molecular weight excluding hydrogens is 178 g/mol. The molecule has 1 heterocycles. The standard InChI is InChI=1S/C7H13NO5/c1-12-4-2-3(9)5(10)6(13-4)7(8)11/h3-6,9-10H,2H2,1H3,(H2,8,11). The van der Waals surface area contributed by atoms with Crippen LogP contribution in [-0.2, 0) is 14.3 Å². The number of methoxy groups -OCH3 is 1. The predicted molar refractivity (Wildman–Crippen MR) is 41.5 cm³/mol. The summed E-state index contributed by atoms with van der Waals surface area (Å²) in [5, 5.41) is 18.6. The monoisotopic (exact) mass is 191 g/mol. The van der Waals surface area contributed by atoms with Crippen LogP contribution in [0.5, 0.6) is 0 Å². The van der Waals surface area contributed by atoms with Crippen LogP contribution in [-0.4, -0.2) is 47.8 Å². The van der Waals surface area contributed by atoms with Gasteiger partial charge in [-0.1, -0.05) is 0 Å². The Hall–Kier alpha value is -0.690. The van der Waals surface area contributed by atoms with Crippen molar-refractivity contribution < 1.29 is 24.5 Å². The van der Waals surface area contributed by atoms with E-state index in [4.69, 9.17) is 15.2 Å². The molecule has 1 amide bonds. The van der Waals surface area contributed by atoms with Crippen molar-refractivity contribution >= 4 is 5.91 Å². The SMILES string of the molecule is COC1CC(O)C(O)C(C(N)=O)O1. The molecule has 0 bridgehead atoms. The van der Waals surface area contributed by atoms with Gasteiger partial charge in [0.1, 0.15) is 6.10 Å². The summed E-state index contributed by atoms with van der Waals surface area (Å²) in [4.78, 5) is 10.7. The van der Waals surface area contributed by atoms with Crippen molar-refractivity contribution in [2.75, 3.05) is 7.11 Å². The Bertz CT molecular complexity index is 197. The van der Waals surface area contributed by atoms with Crippen molar-refractivity contribution in [3.63, 3.8) is 0 Å². The lowest BCUT2D eigenvalue weighted by Gasteiger charge is -2.34. The molecule has 0 radical (unpaired) electrons. The number of primary amides is 1. The van der Waals surface area contributed by atoms with Crippen molar-refractivity contribution in [3.8, 4) is 0 Å². The van der Waals surface area contributed by atoms with Crippen LogP contribution in [0.25, 0.3) is 0 Å². The van der Waals surface area contributed by atoms with Gasteiger partial charge in [-0.15, -0.1) is 0 Å². The van der Waals surface area contributed by atoms with Crippen LogP contribution in [0.1, 0.15) is 6.42 Å². The zero-order valence-corrected chi connectivity index (χ0v) is 7.21. The molecule has 4 N–H and O–H groups in total. The van der Waals surface area contributed by atoms with Gasteiger partial charge in [-0.05, 0) is 0 Å². The van der Waals surface area contributed by atoms with Crippen molar-refractivity contribution in [1.82, 2.24) is 0 Å². The molecule has 0 aromatic rings. The van der Waals surface area contributed by atoms with Gasteiger partial charge in [-0.3, -0.25) is 4.79 Å². The van der Waals surface area contributed by atoms with Gasteiger partial charge in [-0.25, -0.2) is 0 Å². The zero-order valence-electron chi connectivity index (χ0n) is 7.21. The molecule has 1 rings (SSSR count). The number of rotatable bonds is 2. The summed E-state index contributed by atoms with van der Waals surface area (Å²) in [6, 6.07) is 0. The Morgan fingerprint density at radius 3 is 2.69 bits per heavy atom. The number of carbonyl (C=O) groups is 1. The molecular formula is C7H13NO5. The summed E-state index contributed by atoms with van der Waals surface area (Å²) in [5.41, 5.74) is 4.95. The summed E-state index contributed by atoms with van der Waals surface area (Å²) in [7, 11) is 1.38. The molecule has 76 valence electrons. The quantitative estimate of drug-likeness (QED) is 0.466. The summed E-state index contributed by atoms with van der Waals surface area (Å²) >= 11 is 0. The van der Waals surface area contributed by atoms with E-state index in [0.29, 0.717) is 0 Å². The number of aliphatic hydroxyl groups excluding tert-OH is 2. The lowest BCUT2D eigenvalue weighted by molar-refractivity contribution is -0.237. The Labute approximate surface area is 75.2 Å². The van der Waals surface area contributed by atoms with E-state index >= 15 is 0 Å². The minimum absolute atomic E-state index is 0.126. The molecule has 0 aliphatic carbocycles. The molecule has 6 heteroatoms. The van der Waals surface area contributed by atoms with Crippen LogP contribution in [0.4, 0.5) is 0 Å². The Balaban J connectivity index is 2.66. The zero-order chi connectivity index (χ0) is 10.0. The van der Waals surface area contributed by atoms with E-state index in [9.17, 15) is 15.0 Å². The highest BCUT2D eigenvalue weighted by Crippen LogP contribution is 2.20. The van der Waals surface area contributed by atoms with Gasteiger partial charge in [0, 0.05) is 13.5 Å². The maximum atomic E-state index is 10.7. The topological polar surface area (TPSA) is 102 Å². The van der Waals surface area contributed by atoms with Gasteiger partial charge in [-0.2, -0.15) is 0 Å². The minimum Gasteiger partial charge on any atom is -0.390 e. The fourth-order valence-corrected chi connectivity index (χ4v) is 1.23. The highest BCUT2D eigenvalue weighted by molar-refractivity contribution is 5.79.